The van der Waals surface area contributed by atoms with Crippen LogP contribution in [-0.2, 0) is 4.79 Å². The van der Waals surface area contributed by atoms with Crippen LogP contribution in [0.25, 0.3) is 0 Å². The fourth-order valence-electron chi connectivity index (χ4n) is 3.23. The molecule has 2 unspecified atom stereocenters. The van der Waals surface area contributed by atoms with Crippen LogP contribution in [0.15, 0.2) is 0 Å². The number of likely N-dealkylation sites (tertiary alicyclic amines) is 1. The Bertz CT molecular complexity index is 366. The Kier molecular flexibility index (Phi) is 9.81. The van der Waals surface area contributed by atoms with E-state index in [1.165, 1.54) is 4.90 Å². The zero-order chi connectivity index (χ0) is 15.5. The molecular weight excluding hydrogens is 354 g/mol. The highest BCUT2D eigenvalue weighted by Crippen LogP contribution is 2.23. The maximum atomic E-state index is 12.5. The molecule has 2 rings (SSSR count). The highest BCUT2D eigenvalue weighted by atomic mass is 35.5. The average Bonchev–Trinajstić information content (AvgIpc) is 3.06. The van der Waals surface area contributed by atoms with Gasteiger partial charge in [0, 0.05) is 26.2 Å². The summed E-state index contributed by atoms with van der Waals surface area (Å²) in [4.78, 5) is 15.5. The third-order valence-electron chi connectivity index (χ3n) is 4.37. The largest absolute Gasteiger partial charge is 0.401 e. The minimum Gasteiger partial charge on any atom is -0.342 e. The van der Waals surface area contributed by atoms with Gasteiger partial charge in [0.25, 0.3) is 0 Å². The topological polar surface area (TPSA) is 35.6 Å². The van der Waals surface area contributed by atoms with Crippen LogP contribution in [-0.4, -0.2) is 67.7 Å². The summed E-state index contributed by atoms with van der Waals surface area (Å²) < 4.78 is 37.4. The van der Waals surface area contributed by atoms with E-state index < -0.39 is 12.7 Å². The predicted molar refractivity (Wildman–Crippen MR) is 88.3 cm³/mol. The number of amides is 1. The van der Waals surface area contributed by atoms with Gasteiger partial charge in [0.2, 0.25) is 5.91 Å². The van der Waals surface area contributed by atoms with E-state index in [4.69, 9.17) is 0 Å². The summed E-state index contributed by atoms with van der Waals surface area (Å²) in [5.41, 5.74) is 0. The molecule has 2 aliphatic heterocycles. The van der Waals surface area contributed by atoms with Crippen molar-refractivity contribution in [2.45, 2.75) is 25.9 Å². The van der Waals surface area contributed by atoms with Crippen LogP contribution in [0, 0.1) is 11.8 Å². The monoisotopic (exact) mass is 379 g/mol. The Morgan fingerprint density at radius 1 is 1.30 bits per heavy atom. The number of rotatable bonds is 5. The summed E-state index contributed by atoms with van der Waals surface area (Å²) in [5.74, 6) is 0.383. The smallest absolute Gasteiger partial charge is 0.342 e. The van der Waals surface area contributed by atoms with Gasteiger partial charge in [-0.2, -0.15) is 13.2 Å². The van der Waals surface area contributed by atoms with Crippen LogP contribution in [0.4, 0.5) is 13.2 Å². The van der Waals surface area contributed by atoms with Crippen molar-refractivity contribution in [2.75, 3.05) is 45.8 Å². The van der Waals surface area contributed by atoms with Crippen molar-refractivity contribution < 1.29 is 18.0 Å². The summed E-state index contributed by atoms with van der Waals surface area (Å²) in [6.45, 7) is 4.58. The maximum absolute atomic E-state index is 12.5. The Morgan fingerprint density at radius 2 is 2.00 bits per heavy atom. The van der Waals surface area contributed by atoms with Gasteiger partial charge in [-0.05, 0) is 31.8 Å². The molecule has 23 heavy (non-hydrogen) atoms. The second-order valence-corrected chi connectivity index (χ2v) is 6.07. The fourth-order valence-corrected chi connectivity index (χ4v) is 3.23. The van der Waals surface area contributed by atoms with Crippen LogP contribution < -0.4 is 5.32 Å². The van der Waals surface area contributed by atoms with Gasteiger partial charge in [-0.15, -0.1) is 24.8 Å². The molecular formula is C14H26Cl2F3N3O. The molecule has 9 heteroatoms. The number of nitrogens with one attached hydrogen (secondary N) is 1. The molecule has 2 atom stereocenters. The molecule has 2 aliphatic rings. The van der Waals surface area contributed by atoms with Crippen LogP contribution in [0.2, 0.25) is 0 Å². The van der Waals surface area contributed by atoms with Crippen molar-refractivity contribution in [1.82, 2.24) is 15.1 Å². The second-order valence-electron chi connectivity index (χ2n) is 6.07. The Balaban J connectivity index is 0.00000242. The highest BCUT2D eigenvalue weighted by Gasteiger charge is 2.35. The maximum Gasteiger partial charge on any atom is 0.401 e. The molecule has 2 heterocycles. The van der Waals surface area contributed by atoms with Gasteiger partial charge in [0.15, 0.2) is 0 Å². The van der Waals surface area contributed by atoms with E-state index in [2.05, 4.69) is 5.32 Å². The van der Waals surface area contributed by atoms with Crippen LogP contribution >= 0.6 is 24.8 Å². The molecule has 138 valence electrons. The second kappa shape index (κ2) is 9.91. The van der Waals surface area contributed by atoms with E-state index in [9.17, 15) is 18.0 Å². The highest BCUT2D eigenvalue weighted by molar-refractivity contribution is 5.85. The lowest BCUT2D eigenvalue weighted by atomic mass is 10.1. The molecule has 4 nitrogen and oxygen atoms in total. The van der Waals surface area contributed by atoms with Crippen molar-refractivity contribution >= 4 is 30.7 Å². The first-order chi connectivity index (χ1) is 9.89. The Hall–Kier alpha value is -0.240. The number of hydrogen-bond acceptors (Lipinski definition) is 3. The van der Waals surface area contributed by atoms with Gasteiger partial charge in [-0.25, -0.2) is 0 Å². The number of carbonyl (C=O) groups is 1. The van der Waals surface area contributed by atoms with E-state index in [0.717, 1.165) is 25.9 Å². The molecule has 0 aromatic rings. The normalized spacial score (nSPS) is 24.5. The van der Waals surface area contributed by atoms with Crippen LogP contribution in [0.1, 0.15) is 19.8 Å². The molecule has 1 amide bonds. The number of nitrogens with zero attached hydrogens (tertiary/aromatic N) is 2. The molecule has 2 fully saturated rings. The number of hydrogen-bond donors (Lipinski definition) is 1. The minimum absolute atomic E-state index is 0. The van der Waals surface area contributed by atoms with E-state index in [1.807, 2.05) is 4.90 Å². The fraction of sp³-hybridized carbons (Fsp3) is 0.929. The SMILES string of the molecule is CCN(CC1CCN(C(=O)C2CCNC2)C1)CC(F)(F)F.Cl.Cl. The summed E-state index contributed by atoms with van der Waals surface area (Å²) in [6, 6.07) is 0. The number of halogens is 5. The van der Waals surface area contributed by atoms with Crippen molar-refractivity contribution in [3.8, 4) is 0 Å². The lowest BCUT2D eigenvalue weighted by Crippen LogP contribution is -2.39. The lowest BCUT2D eigenvalue weighted by Gasteiger charge is -2.25. The van der Waals surface area contributed by atoms with Gasteiger partial charge < -0.3 is 10.2 Å². The van der Waals surface area contributed by atoms with E-state index in [1.54, 1.807) is 6.92 Å². The first-order valence-electron chi connectivity index (χ1n) is 7.67. The molecule has 2 saturated heterocycles. The van der Waals surface area contributed by atoms with Crippen molar-refractivity contribution in [2.24, 2.45) is 11.8 Å². The number of alkyl halides is 3. The molecule has 0 bridgehead atoms. The summed E-state index contributed by atoms with van der Waals surface area (Å²) >= 11 is 0. The molecule has 0 radical (unpaired) electrons. The third-order valence-corrected chi connectivity index (χ3v) is 4.37. The molecule has 0 aromatic carbocycles. The predicted octanol–water partition coefficient (Wildman–Crippen LogP) is 2.17. The zero-order valence-electron chi connectivity index (χ0n) is 13.3. The van der Waals surface area contributed by atoms with Gasteiger partial charge in [-0.1, -0.05) is 6.92 Å². The van der Waals surface area contributed by atoms with Gasteiger partial charge in [0.1, 0.15) is 0 Å². The summed E-state index contributed by atoms with van der Waals surface area (Å²) in [7, 11) is 0. The van der Waals surface area contributed by atoms with E-state index in [0.29, 0.717) is 26.2 Å². The van der Waals surface area contributed by atoms with E-state index in [-0.39, 0.29) is 42.6 Å². The van der Waals surface area contributed by atoms with Gasteiger partial charge in [0.05, 0.1) is 12.5 Å². The average molecular weight is 380 g/mol. The quantitative estimate of drug-likeness (QED) is 0.794. The molecule has 0 aromatic heterocycles. The first kappa shape index (κ1) is 22.8. The zero-order valence-corrected chi connectivity index (χ0v) is 14.9. The van der Waals surface area contributed by atoms with Crippen molar-refractivity contribution in [1.29, 1.82) is 0 Å². The third kappa shape index (κ3) is 7.03. The molecule has 1 N–H and O–H groups in total. The molecule has 0 aliphatic carbocycles. The Labute approximate surface area is 148 Å². The summed E-state index contributed by atoms with van der Waals surface area (Å²) in [6.07, 6.45) is -2.48. The van der Waals surface area contributed by atoms with Crippen LogP contribution in [0.5, 0.6) is 0 Å². The van der Waals surface area contributed by atoms with E-state index >= 15 is 0 Å². The van der Waals surface area contributed by atoms with Gasteiger partial charge >= 0.3 is 6.18 Å². The van der Waals surface area contributed by atoms with Crippen molar-refractivity contribution in [3.63, 3.8) is 0 Å². The standard InChI is InChI=1S/C14H24F3N3O.2ClH/c1-2-19(10-14(15,16)17)8-11-4-6-20(9-11)13(21)12-3-5-18-7-12;;/h11-12,18H,2-10H2,1H3;2*1H. The number of carbonyl (C=O) groups excluding carboxylic acids is 1. The molecule has 0 spiro atoms. The van der Waals surface area contributed by atoms with Crippen LogP contribution in [0.3, 0.4) is 0 Å². The Morgan fingerprint density at radius 3 is 2.52 bits per heavy atom. The van der Waals surface area contributed by atoms with Crippen molar-refractivity contribution in [3.05, 3.63) is 0 Å². The summed E-state index contributed by atoms with van der Waals surface area (Å²) in [5, 5.41) is 3.17. The minimum atomic E-state index is -4.15. The first-order valence-corrected chi connectivity index (χ1v) is 7.67. The molecule has 0 saturated carbocycles. The lowest BCUT2D eigenvalue weighted by molar-refractivity contribution is -0.147. The van der Waals surface area contributed by atoms with Gasteiger partial charge in [-0.3, -0.25) is 9.69 Å².